The Labute approximate surface area is 137 Å². The highest BCUT2D eigenvalue weighted by atomic mass is 16.4. The molecule has 0 heterocycles. The van der Waals surface area contributed by atoms with Crippen molar-refractivity contribution in [2.45, 2.75) is 38.6 Å². The molecular weight excluding hydrogens is 286 g/mol. The predicted octanol–water partition coefficient (Wildman–Crippen LogP) is 3.82. The van der Waals surface area contributed by atoms with Gasteiger partial charge in [-0.2, -0.15) is 0 Å². The van der Waals surface area contributed by atoms with E-state index in [0.29, 0.717) is 12.1 Å². The Morgan fingerprint density at radius 2 is 1.96 bits per heavy atom. The van der Waals surface area contributed by atoms with Gasteiger partial charge in [-0.3, -0.25) is 0 Å². The SMILES string of the molecule is Cc1ccc(C2(CNCc3cccc(C(=O)O)c3)CC2)c(C)c1. The Morgan fingerprint density at radius 1 is 1.17 bits per heavy atom. The molecule has 1 aliphatic carbocycles. The van der Waals surface area contributed by atoms with Crippen LogP contribution < -0.4 is 5.32 Å². The quantitative estimate of drug-likeness (QED) is 0.853. The second kappa shape index (κ2) is 6.17. The lowest BCUT2D eigenvalue weighted by Crippen LogP contribution is -2.27. The van der Waals surface area contributed by atoms with Gasteiger partial charge in [-0.25, -0.2) is 4.79 Å². The van der Waals surface area contributed by atoms with Gasteiger partial charge in [-0.05, 0) is 55.5 Å². The van der Waals surface area contributed by atoms with Gasteiger partial charge in [0.15, 0.2) is 0 Å². The summed E-state index contributed by atoms with van der Waals surface area (Å²) in [5, 5.41) is 12.6. The monoisotopic (exact) mass is 309 g/mol. The lowest BCUT2D eigenvalue weighted by atomic mass is 9.90. The number of nitrogens with one attached hydrogen (secondary N) is 1. The first-order valence-electron chi connectivity index (χ1n) is 8.11. The molecule has 0 spiro atoms. The number of benzene rings is 2. The summed E-state index contributed by atoms with van der Waals surface area (Å²) in [6, 6.07) is 13.9. The molecule has 2 aromatic rings. The molecule has 120 valence electrons. The molecule has 23 heavy (non-hydrogen) atoms. The summed E-state index contributed by atoms with van der Waals surface area (Å²) in [6.45, 7) is 5.96. The predicted molar refractivity (Wildman–Crippen MR) is 91.9 cm³/mol. The summed E-state index contributed by atoms with van der Waals surface area (Å²) in [7, 11) is 0. The Kier molecular flexibility index (Phi) is 4.22. The van der Waals surface area contributed by atoms with Crippen LogP contribution in [-0.4, -0.2) is 17.6 Å². The van der Waals surface area contributed by atoms with Gasteiger partial charge in [-0.1, -0.05) is 35.9 Å². The maximum absolute atomic E-state index is 11.0. The number of aryl methyl sites for hydroxylation is 2. The lowest BCUT2D eigenvalue weighted by Gasteiger charge is -2.19. The summed E-state index contributed by atoms with van der Waals surface area (Å²) in [4.78, 5) is 11.0. The largest absolute Gasteiger partial charge is 0.478 e. The highest BCUT2D eigenvalue weighted by Gasteiger charge is 2.44. The minimum absolute atomic E-state index is 0.266. The van der Waals surface area contributed by atoms with Crippen LogP contribution in [0.3, 0.4) is 0 Å². The maximum atomic E-state index is 11.0. The van der Waals surface area contributed by atoms with Crippen molar-refractivity contribution in [1.29, 1.82) is 0 Å². The van der Waals surface area contributed by atoms with Gasteiger partial charge in [0, 0.05) is 18.5 Å². The van der Waals surface area contributed by atoms with Gasteiger partial charge in [0.05, 0.1) is 5.56 Å². The zero-order valence-electron chi connectivity index (χ0n) is 13.7. The van der Waals surface area contributed by atoms with E-state index in [9.17, 15) is 4.79 Å². The van der Waals surface area contributed by atoms with Gasteiger partial charge >= 0.3 is 5.97 Å². The van der Waals surface area contributed by atoms with E-state index in [-0.39, 0.29) is 5.41 Å². The molecule has 0 radical (unpaired) electrons. The average molecular weight is 309 g/mol. The molecule has 1 fully saturated rings. The van der Waals surface area contributed by atoms with E-state index < -0.39 is 5.97 Å². The molecular formula is C20H23NO2. The zero-order chi connectivity index (χ0) is 16.4. The second-order valence-corrected chi connectivity index (χ2v) is 6.71. The fourth-order valence-corrected chi connectivity index (χ4v) is 3.36. The van der Waals surface area contributed by atoms with Crippen LogP contribution in [0.4, 0.5) is 0 Å². The third-order valence-electron chi connectivity index (χ3n) is 4.77. The van der Waals surface area contributed by atoms with Gasteiger partial charge in [0.2, 0.25) is 0 Å². The summed E-state index contributed by atoms with van der Waals surface area (Å²) in [5.41, 5.74) is 5.76. The minimum atomic E-state index is -0.874. The third kappa shape index (κ3) is 3.45. The molecule has 3 heteroatoms. The summed E-state index contributed by atoms with van der Waals surface area (Å²) >= 11 is 0. The van der Waals surface area contributed by atoms with Crippen LogP contribution in [0.15, 0.2) is 42.5 Å². The lowest BCUT2D eigenvalue weighted by molar-refractivity contribution is 0.0696. The van der Waals surface area contributed by atoms with Crippen LogP contribution in [0.25, 0.3) is 0 Å². The molecule has 0 saturated heterocycles. The van der Waals surface area contributed by atoms with E-state index in [0.717, 1.165) is 12.1 Å². The number of hydrogen-bond acceptors (Lipinski definition) is 2. The highest BCUT2D eigenvalue weighted by molar-refractivity contribution is 5.87. The minimum Gasteiger partial charge on any atom is -0.478 e. The molecule has 3 rings (SSSR count). The fraction of sp³-hybridized carbons (Fsp3) is 0.350. The van der Waals surface area contributed by atoms with E-state index in [1.54, 1.807) is 18.2 Å². The normalized spacial score (nSPS) is 15.4. The Balaban J connectivity index is 1.64. The standard InChI is InChI=1S/C20H23NO2/c1-14-6-7-18(15(2)10-14)20(8-9-20)13-21-12-16-4-3-5-17(11-16)19(22)23/h3-7,10-11,21H,8-9,12-13H2,1-2H3,(H,22,23). The maximum Gasteiger partial charge on any atom is 0.335 e. The van der Waals surface area contributed by atoms with E-state index in [4.69, 9.17) is 5.11 Å². The summed E-state index contributed by atoms with van der Waals surface area (Å²) < 4.78 is 0. The van der Waals surface area contributed by atoms with Crippen molar-refractivity contribution in [3.63, 3.8) is 0 Å². The number of aromatic carboxylic acids is 1. The van der Waals surface area contributed by atoms with Crippen molar-refractivity contribution in [3.05, 3.63) is 70.3 Å². The molecule has 3 nitrogen and oxygen atoms in total. The van der Waals surface area contributed by atoms with Crippen LogP contribution in [0.2, 0.25) is 0 Å². The third-order valence-corrected chi connectivity index (χ3v) is 4.77. The van der Waals surface area contributed by atoms with Crippen molar-refractivity contribution in [1.82, 2.24) is 5.32 Å². The van der Waals surface area contributed by atoms with Crippen LogP contribution >= 0.6 is 0 Å². The van der Waals surface area contributed by atoms with Crippen molar-refractivity contribution in [2.24, 2.45) is 0 Å². The van der Waals surface area contributed by atoms with E-state index in [1.807, 2.05) is 6.07 Å². The fourth-order valence-electron chi connectivity index (χ4n) is 3.36. The number of carboxylic acid groups (broad SMARTS) is 1. The van der Waals surface area contributed by atoms with Crippen LogP contribution in [0.1, 0.15) is 45.5 Å². The van der Waals surface area contributed by atoms with Gasteiger partial charge < -0.3 is 10.4 Å². The molecule has 2 N–H and O–H groups in total. The molecule has 0 unspecified atom stereocenters. The molecule has 2 aromatic carbocycles. The number of carboxylic acids is 1. The molecule has 0 atom stereocenters. The van der Waals surface area contributed by atoms with E-state index in [2.05, 4.69) is 37.4 Å². The molecule has 0 aromatic heterocycles. The van der Waals surface area contributed by atoms with Crippen LogP contribution in [-0.2, 0) is 12.0 Å². The first kappa shape index (κ1) is 15.8. The van der Waals surface area contributed by atoms with Crippen LogP contribution in [0.5, 0.6) is 0 Å². The summed E-state index contributed by atoms with van der Waals surface area (Å²) in [5.74, 6) is -0.874. The van der Waals surface area contributed by atoms with Crippen molar-refractivity contribution in [2.75, 3.05) is 6.54 Å². The Hall–Kier alpha value is -2.13. The first-order valence-corrected chi connectivity index (χ1v) is 8.11. The molecule has 0 aliphatic heterocycles. The average Bonchev–Trinajstić information content (AvgIpc) is 3.28. The molecule has 0 amide bonds. The molecule has 1 aliphatic rings. The smallest absolute Gasteiger partial charge is 0.335 e. The highest BCUT2D eigenvalue weighted by Crippen LogP contribution is 2.48. The van der Waals surface area contributed by atoms with Gasteiger partial charge in [0.1, 0.15) is 0 Å². The number of rotatable bonds is 6. The first-order chi connectivity index (χ1) is 11.0. The van der Waals surface area contributed by atoms with Gasteiger partial charge in [-0.15, -0.1) is 0 Å². The molecule has 0 bridgehead atoms. The van der Waals surface area contributed by atoms with E-state index >= 15 is 0 Å². The second-order valence-electron chi connectivity index (χ2n) is 6.71. The Morgan fingerprint density at radius 3 is 2.61 bits per heavy atom. The van der Waals surface area contributed by atoms with Crippen molar-refractivity contribution in [3.8, 4) is 0 Å². The molecule has 1 saturated carbocycles. The van der Waals surface area contributed by atoms with Gasteiger partial charge in [0.25, 0.3) is 0 Å². The Bertz CT molecular complexity index is 732. The zero-order valence-corrected chi connectivity index (χ0v) is 13.7. The number of hydrogen-bond donors (Lipinski definition) is 2. The topological polar surface area (TPSA) is 49.3 Å². The summed E-state index contributed by atoms with van der Waals surface area (Å²) in [6.07, 6.45) is 2.44. The van der Waals surface area contributed by atoms with Crippen molar-refractivity contribution >= 4 is 5.97 Å². The van der Waals surface area contributed by atoms with Crippen molar-refractivity contribution < 1.29 is 9.90 Å². The number of carbonyl (C=O) groups is 1. The van der Waals surface area contributed by atoms with E-state index in [1.165, 1.54) is 29.5 Å². The van der Waals surface area contributed by atoms with Crippen LogP contribution in [0, 0.1) is 13.8 Å².